The topological polar surface area (TPSA) is 123 Å². The maximum absolute atomic E-state index is 13.5. The van der Waals surface area contributed by atoms with Gasteiger partial charge in [0.2, 0.25) is 11.9 Å². The lowest BCUT2D eigenvalue weighted by atomic mass is 10.1. The van der Waals surface area contributed by atoms with Crippen LogP contribution in [0.2, 0.25) is 0 Å². The molecule has 2 saturated heterocycles. The van der Waals surface area contributed by atoms with Crippen molar-refractivity contribution in [2.45, 2.75) is 25.2 Å². The summed E-state index contributed by atoms with van der Waals surface area (Å²) in [6.07, 6.45) is 4.07. The van der Waals surface area contributed by atoms with Gasteiger partial charge in [0.1, 0.15) is 11.6 Å². The van der Waals surface area contributed by atoms with Gasteiger partial charge in [-0.1, -0.05) is 6.07 Å². The molecule has 3 aromatic heterocycles. The van der Waals surface area contributed by atoms with E-state index < -0.39 is 5.92 Å². The van der Waals surface area contributed by atoms with Gasteiger partial charge < -0.3 is 25.6 Å². The highest BCUT2D eigenvalue weighted by Crippen LogP contribution is 2.34. The molecule has 1 unspecified atom stereocenters. The number of nitrogens with two attached hydrogens (primary N) is 1. The van der Waals surface area contributed by atoms with Crippen LogP contribution in [0.3, 0.4) is 0 Å². The van der Waals surface area contributed by atoms with Gasteiger partial charge in [-0.25, -0.2) is 28.4 Å². The van der Waals surface area contributed by atoms with Gasteiger partial charge in [0.25, 0.3) is 5.92 Å². The van der Waals surface area contributed by atoms with Crippen LogP contribution in [0.4, 0.5) is 32.2 Å². The van der Waals surface area contributed by atoms with Crippen LogP contribution in [0.5, 0.6) is 5.75 Å². The molecular formula is C29H34F2N10O. The summed E-state index contributed by atoms with van der Waals surface area (Å²) in [4.78, 5) is 21.7. The van der Waals surface area contributed by atoms with Crippen molar-refractivity contribution in [2.75, 3.05) is 55.8 Å². The third kappa shape index (κ3) is 6.25. The Balaban J connectivity index is 1.21. The summed E-state index contributed by atoms with van der Waals surface area (Å²) in [5.74, 6) is 0.411. The Bertz CT molecular complexity index is 1530. The fourth-order valence-electron chi connectivity index (χ4n) is 5.31. The first kappa shape index (κ1) is 27.8. The van der Waals surface area contributed by atoms with Crippen LogP contribution in [0, 0.1) is 5.92 Å². The number of nitrogens with one attached hydrogen (secondary N) is 1. The number of pyridine rings is 1. The molecule has 0 bridgehead atoms. The van der Waals surface area contributed by atoms with E-state index in [9.17, 15) is 8.78 Å². The zero-order chi connectivity index (χ0) is 29.3. The van der Waals surface area contributed by atoms with Crippen molar-refractivity contribution in [1.82, 2.24) is 34.6 Å². The summed E-state index contributed by atoms with van der Waals surface area (Å²) in [5, 5.41) is 7.95. The van der Waals surface area contributed by atoms with Gasteiger partial charge in [-0.2, -0.15) is 4.98 Å². The van der Waals surface area contributed by atoms with Crippen molar-refractivity contribution in [3.63, 3.8) is 0 Å². The second kappa shape index (κ2) is 11.5. The lowest BCUT2D eigenvalue weighted by Crippen LogP contribution is -2.39. The van der Waals surface area contributed by atoms with Gasteiger partial charge in [-0.15, -0.1) is 5.10 Å². The smallest absolute Gasteiger partial charge is 0.251 e. The minimum absolute atomic E-state index is 0.162. The average Bonchev–Trinajstić information content (AvgIpc) is 3.57. The Labute approximate surface area is 242 Å². The summed E-state index contributed by atoms with van der Waals surface area (Å²) in [6.45, 7) is 3.20. The molecule has 0 radical (unpaired) electrons. The van der Waals surface area contributed by atoms with Crippen LogP contribution in [0.25, 0.3) is 22.6 Å². The molecule has 220 valence electrons. The number of halogens is 2. The van der Waals surface area contributed by atoms with Gasteiger partial charge in [-0.05, 0) is 50.3 Å². The normalized spacial score (nSPS) is 18.8. The number of piperidine rings is 1. The van der Waals surface area contributed by atoms with Crippen LogP contribution >= 0.6 is 0 Å². The van der Waals surface area contributed by atoms with Crippen molar-refractivity contribution in [1.29, 1.82) is 0 Å². The van der Waals surface area contributed by atoms with Crippen LogP contribution in [-0.4, -0.2) is 80.4 Å². The third-order valence-electron chi connectivity index (χ3n) is 7.75. The molecule has 3 N–H and O–H groups in total. The van der Waals surface area contributed by atoms with E-state index in [-0.39, 0.29) is 31.9 Å². The molecule has 11 nitrogen and oxygen atoms in total. The number of nitrogen functional groups attached to an aromatic ring is 1. The number of alkyl halides is 2. The van der Waals surface area contributed by atoms with Gasteiger partial charge in [0.05, 0.1) is 18.0 Å². The first-order valence-electron chi connectivity index (χ1n) is 14.0. The SMILES string of the molecule is CN1CCC(COc2cc(-c3ccnc(N)n3)ccc2Nc2nc(-c3ccc(N4CCC(F)(F)CC4)nc3)nn2C)C1. The Morgan fingerprint density at radius 1 is 1.02 bits per heavy atom. The predicted octanol–water partition coefficient (Wildman–Crippen LogP) is 4.23. The van der Waals surface area contributed by atoms with E-state index in [1.165, 1.54) is 0 Å². The Morgan fingerprint density at radius 3 is 2.55 bits per heavy atom. The first-order chi connectivity index (χ1) is 20.2. The molecule has 4 aromatic rings. The van der Waals surface area contributed by atoms with Gasteiger partial charge in [0, 0.05) is 69.0 Å². The second-order valence-corrected chi connectivity index (χ2v) is 11.0. The molecule has 0 spiro atoms. The van der Waals surface area contributed by atoms with Gasteiger partial charge in [-0.3, -0.25) is 0 Å². The van der Waals surface area contributed by atoms with Crippen LogP contribution in [0.1, 0.15) is 19.3 Å². The quantitative estimate of drug-likeness (QED) is 0.315. The summed E-state index contributed by atoms with van der Waals surface area (Å²) >= 11 is 0. The highest BCUT2D eigenvalue weighted by Gasteiger charge is 2.34. The molecule has 2 fully saturated rings. The van der Waals surface area contributed by atoms with E-state index in [1.54, 1.807) is 17.1 Å². The van der Waals surface area contributed by atoms with Crippen molar-refractivity contribution >= 4 is 23.4 Å². The second-order valence-electron chi connectivity index (χ2n) is 11.0. The van der Waals surface area contributed by atoms with Crippen LogP contribution < -0.4 is 20.7 Å². The van der Waals surface area contributed by atoms with Crippen molar-refractivity contribution in [3.8, 4) is 28.4 Å². The van der Waals surface area contributed by atoms with Crippen LogP contribution in [-0.2, 0) is 7.05 Å². The molecular weight excluding hydrogens is 542 g/mol. The van der Waals surface area contributed by atoms with E-state index in [0.717, 1.165) is 36.3 Å². The Kier molecular flexibility index (Phi) is 7.58. The maximum atomic E-state index is 13.5. The number of hydrogen-bond acceptors (Lipinski definition) is 10. The fraction of sp³-hybridized carbons (Fsp3) is 0.414. The molecule has 6 rings (SSSR count). The van der Waals surface area contributed by atoms with Crippen LogP contribution in [0.15, 0.2) is 48.8 Å². The zero-order valence-corrected chi connectivity index (χ0v) is 23.7. The van der Waals surface area contributed by atoms with E-state index in [1.807, 2.05) is 48.3 Å². The molecule has 2 aliphatic heterocycles. The molecule has 0 aliphatic carbocycles. The van der Waals surface area contributed by atoms with Crippen molar-refractivity contribution < 1.29 is 13.5 Å². The lowest BCUT2D eigenvalue weighted by Gasteiger charge is -2.32. The summed E-state index contributed by atoms with van der Waals surface area (Å²) in [7, 11) is 3.93. The van der Waals surface area contributed by atoms with Gasteiger partial charge >= 0.3 is 0 Å². The Morgan fingerprint density at radius 2 is 1.83 bits per heavy atom. The number of rotatable bonds is 8. The Hall–Kier alpha value is -4.39. The summed E-state index contributed by atoms with van der Waals surface area (Å²) < 4.78 is 35.1. The highest BCUT2D eigenvalue weighted by molar-refractivity contribution is 5.72. The number of hydrogen-bond donors (Lipinski definition) is 2. The molecule has 5 heterocycles. The lowest BCUT2D eigenvalue weighted by molar-refractivity contribution is -0.0221. The molecule has 1 atom stereocenters. The number of ether oxygens (including phenoxy) is 1. The molecule has 2 aliphatic rings. The van der Waals surface area contributed by atoms with Crippen molar-refractivity contribution in [2.24, 2.45) is 13.0 Å². The number of nitrogens with zero attached hydrogens (tertiary/aromatic N) is 8. The monoisotopic (exact) mass is 576 g/mol. The molecule has 42 heavy (non-hydrogen) atoms. The van der Waals surface area contributed by atoms with E-state index in [4.69, 9.17) is 15.5 Å². The minimum Gasteiger partial charge on any atom is -0.491 e. The predicted molar refractivity (Wildman–Crippen MR) is 157 cm³/mol. The molecule has 1 aromatic carbocycles. The first-order valence-corrected chi connectivity index (χ1v) is 14.0. The average molecular weight is 577 g/mol. The number of aromatic nitrogens is 6. The maximum Gasteiger partial charge on any atom is 0.251 e. The fourth-order valence-corrected chi connectivity index (χ4v) is 5.31. The number of aryl methyl sites for hydroxylation is 1. The standard InChI is InChI=1S/C29H34F2N10O/c1-39-12-8-19(17-39)18-42-24-15-20(22-7-11-33-27(32)35-22)3-5-23(24)36-28-37-26(38-40(28)2)21-4-6-25(34-16-21)41-13-9-29(30,31)10-14-41/h3-7,11,15-16,19H,8-10,12-14,17-18H2,1-2H3,(H2,32,33,35)(H,36,37,38). The van der Waals surface area contributed by atoms with Gasteiger partial charge in [0.15, 0.2) is 5.82 Å². The molecule has 0 amide bonds. The highest BCUT2D eigenvalue weighted by atomic mass is 19.3. The number of benzene rings is 1. The number of likely N-dealkylation sites (tertiary alicyclic amines) is 1. The third-order valence-corrected chi connectivity index (χ3v) is 7.75. The molecule has 13 heteroatoms. The summed E-state index contributed by atoms with van der Waals surface area (Å²) in [6, 6.07) is 11.3. The number of anilines is 4. The zero-order valence-electron chi connectivity index (χ0n) is 23.7. The van der Waals surface area contributed by atoms with E-state index >= 15 is 0 Å². The van der Waals surface area contributed by atoms with E-state index in [2.05, 4.69) is 37.3 Å². The summed E-state index contributed by atoms with van der Waals surface area (Å²) in [5.41, 5.74) is 8.85. The minimum atomic E-state index is -2.60. The molecule has 0 saturated carbocycles. The largest absolute Gasteiger partial charge is 0.491 e. The van der Waals surface area contributed by atoms with Crippen molar-refractivity contribution in [3.05, 3.63) is 48.8 Å². The van der Waals surface area contributed by atoms with E-state index in [0.29, 0.717) is 41.6 Å².